The molecule has 1 aromatic carbocycles. The zero-order valence-corrected chi connectivity index (χ0v) is 22.1. The second-order valence-corrected chi connectivity index (χ2v) is 10.2. The molecule has 8 nitrogen and oxygen atoms in total. The Morgan fingerprint density at radius 3 is 2.58 bits per heavy atom. The smallest absolute Gasteiger partial charge is 0.293 e. The standard InChI is InChI=1S/C25H24Cl2N6O2S/c1-15(32-9-7-31(2)8-10-32)21-12-17(14-36-21)29-25-28-13-16-11-18(22-19(26)5-4-6-20(22)27)24(34)33(35-3)23(16)30-25/h4-6,11-14H,1,7-10H2,2-3H3,(H,28,29,30). The van der Waals surface area contributed by atoms with E-state index in [-0.39, 0.29) is 0 Å². The number of thiophene rings is 1. The molecule has 1 N–H and O–H groups in total. The fraction of sp³-hybridized carbons (Fsp3) is 0.240. The Kier molecular flexibility index (Phi) is 6.90. The topological polar surface area (TPSA) is 75.5 Å². The molecular weight excluding hydrogens is 519 g/mol. The van der Waals surface area contributed by atoms with Crippen LogP contribution in [0.2, 0.25) is 10.0 Å². The maximum Gasteiger partial charge on any atom is 0.293 e. The van der Waals surface area contributed by atoms with Crippen molar-refractivity contribution < 1.29 is 4.84 Å². The van der Waals surface area contributed by atoms with Crippen LogP contribution in [0.5, 0.6) is 0 Å². The molecule has 0 saturated carbocycles. The summed E-state index contributed by atoms with van der Waals surface area (Å²) >= 11 is 14.3. The molecule has 4 heterocycles. The first-order valence-corrected chi connectivity index (χ1v) is 12.9. The van der Waals surface area contributed by atoms with Gasteiger partial charge in [-0.25, -0.2) is 4.98 Å². The number of hydrogen-bond acceptors (Lipinski definition) is 8. The van der Waals surface area contributed by atoms with E-state index in [2.05, 4.69) is 38.7 Å². The van der Waals surface area contributed by atoms with E-state index in [1.54, 1.807) is 41.8 Å². The minimum Gasteiger partial charge on any atom is -0.412 e. The Balaban J connectivity index is 1.44. The fourth-order valence-electron chi connectivity index (χ4n) is 4.15. The van der Waals surface area contributed by atoms with Crippen molar-refractivity contribution in [2.45, 2.75) is 0 Å². The number of likely N-dealkylation sites (N-methyl/N-ethyl adjacent to an activating group) is 1. The van der Waals surface area contributed by atoms with Crippen molar-refractivity contribution in [2.75, 3.05) is 45.7 Å². The summed E-state index contributed by atoms with van der Waals surface area (Å²) in [5.41, 5.74) is 2.49. The van der Waals surface area contributed by atoms with Crippen LogP contribution in [0.4, 0.5) is 11.6 Å². The lowest BCUT2D eigenvalue weighted by molar-refractivity contribution is 0.168. The average Bonchev–Trinajstić information content (AvgIpc) is 3.33. The molecule has 0 atom stereocenters. The largest absolute Gasteiger partial charge is 0.412 e. The van der Waals surface area contributed by atoms with Crippen LogP contribution in [0.25, 0.3) is 27.9 Å². The Morgan fingerprint density at radius 2 is 1.89 bits per heavy atom. The van der Waals surface area contributed by atoms with Gasteiger partial charge in [-0.2, -0.15) is 4.98 Å². The van der Waals surface area contributed by atoms with Crippen LogP contribution in [-0.2, 0) is 0 Å². The van der Waals surface area contributed by atoms with Crippen molar-refractivity contribution in [1.29, 1.82) is 0 Å². The van der Waals surface area contributed by atoms with E-state index in [0.29, 0.717) is 38.2 Å². The summed E-state index contributed by atoms with van der Waals surface area (Å²) in [6.45, 7) is 8.25. The van der Waals surface area contributed by atoms with Gasteiger partial charge in [-0.1, -0.05) is 35.8 Å². The third-order valence-corrected chi connectivity index (χ3v) is 7.75. The van der Waals surface area contributed by atoms with Gasteiger partial charge in [0.05, 0.1) is 26.2 Å². The van der Waals surface area contributed by atoms with Gasteiger partial charge in [0.25, 0.3) is 5.56 Å². The molecule has 11 heteroatoms. The van der Waals surface area contributed by atoms with Crippen LogP contribution in [0.3, 0.4) is 0 Å². The lowest BCUT2D eigenvalue weighted by Crippen LogP contribution is -2.43. The van der Waals surface area contributed by atoms with Crippen molar-refractivity contribution in [2.24, 2.45) is 0 Å². The molecule has 0 radical (unpaired) electrons. The maximum absolute atomic E-state index is 13.3. The molecule has 1 aliphatic heterocycles. The molecule has 1 saturated heterocycles. The zero-order valence-electron chi connectivity index (χ0n) is 19.8. The van der Waals surface area contributed by atoms with Crippen LogP contribution < -0.4 is 15.7 Å². The lowest BCUT2D eigenvalue weighted by atomic mass is 10.1. The molecule has 4 aromatic rings. The van der Waals surface area contributed by atoms with Gasteiger partial charge in [0.2, 0.25) is 5.95 Å². The van der Waals surface area contributed by atoms with Crippen LogP contribution in [0, 0.1) is 0 Å². The van der Waals surface area contributed by atoms with E-state index in [1.807, 2.05) is 11.4 Å². The number of fused-ring (bicyclic) bond motifs is 1. The molecule has 36 heavy (non-hydrogen) atoms. The predicted molar refractivity (Wildman–Crippen MR) is 147 cm³/mol. The molecule has 0 spiro atoms. The fourth-order valence-corrected chi connectivity index (χ4v) is 5.59. The van der Waals surface area contributed by atoms with Gasteiger partial charge < -0.3 is 20.0 Å². The number of anilines is 2. The van der Waals surface area contributed by atoms with Gasteiger partial charge >= 0.3 is 0 Å². The second-order valence-electron chi connectivity index (χ2n) is 8.47. The number of hydrogen-bond donors (Lipinski definition) is 1. The molecule has 3 aromatic heterocycles. The van der Waals surface area contributed by atoms with E-state index in [4.69, 9.17) is 28.0 Å². The van der Waals surface area contributed by atoms with E-state index >= 15 is 0 Å². The first-order chi connectivity index (χ1) is 17.4. The van der Waals surface area contributed by atoms with Gasteiger partial charge in [-0.3, -0.25) is 4.79 Å². The highest BCUT2D eigenvalue weighted by molar-refractivity contribution is 7.11. The highest BCUT2D eigenvalue weighted by Gasteiger charge is 2.19. The number of halogens is 2. The van der Waals surface area contributed by atoms with Crippen molar-refractivity contribution in [1.82, 2.24) is 24.5 Å². The number of aromatic nitrogens is 3. The summed E-state index contributed by atoms with van der Waals surface area (Å²) in [6.07, 6.45) is 1.63. The van der Waals surface area contributed by atoms with Gasteiger partial charge in [0.1, 0.15) is 7.11 Å². The van der Waals surface area contributed by atoms with Gasteiger partial charge in [0.15, 0.2) is 5.65 Å². The van der Waals surface area contributed by atoms with Crippen molar-refractivity contribution in [3.05, 3.63) is 73.8 Å². The maximum atomic E-state index is 13.3. The number of benzene rings is 1. The summed E-state index contributed by atoms with van der Waals surface area (Å²) < 4.78 is 1.12. The number of nitrogens with zero attached hydrogens (tertiary/aromatic N) is 5. The van der Waals surface area contributed by atoms with Gasteiger partial charge in [-0.05, 0) is 31.3 Å². The third-order valence-electron chi connectivity index (χ3n) is 6.14. The molecule has 0 bridgehead atoms. The summed E-state index contributed by atoms with van der Waals surface area (Å²) in [4.78, 5) is 33.4. The average molecular weight is 543 g/mol. The summed E-state index contributed by atoms with van der Waals surface area (Å²) in [6, 6.07) is 8.79. The van der Waals surface area contributed by atoms with Crippen LogP contribution in [0.15, 0.2) is 53.3 Å². The van der Waals surface area contributed by atoms with Crippen molar-refractivity contribution in [3.63, 3.8) is 0 Å². The van der Waals surface area contributed by atoms with E-state index in [9.17, 15) is 4.79 Å². The van der Waals surface area contributed by atoms with Crippen LogP contribution >= 0.6 is 34.5 Å². The Labute approximate surface area is 222 Å². The van der Waals surface area contributed by atoms with Gasteiger partial charge in [0, 0.05) is 54.4 Å². The first-order valence-electron chi connectivity index (χ1n) is 11.3. The van der Waals surface area contributed by atoms with Crippen LogP contribution in [-0.4, -0.2) is 64.8 Å². The number of piperazine rings is 1. The monoisotopic (exact) mass is 542 g/mol. The SMILES string of the molecule is C=C(c1cc(Nc2ncc3cc(-c4c(Cl)cccc4Cl)c(=O)n(OC)c3n2)cs1)N1CCN(C)CC1. The van der Waals surface area contributed by atoms with Crippen molar-refractivity contribution >= 4 is 62.9 Å². The highest BCUT2D eigenvalue weighted by atomic mass is 35.5. The van der Waals surface area contributed by atoms with Crippen molar-refractivity contribution in [3.8, 4) is 11.1 Å². The molecule has 0 aliphatic carbocycles. The van der Waals surface area contributed by atoms with E-state index in [1.165, 1.54) is 7.11 Å². The minimum absolute atomic E-state index is 0.300. The molecule has 0 amide bonds. The number of nitrogens with one attached hydrogen (secondary N) is 1. The molecule has 5 rings (SSSR count). The second kappa shape index (κ2) is 10.1. The summed E-state index contributed by atoms with van der Waals surface area (Å²) in [7, 11) is 3.54. The number of pyridine rings is 1. The highest BCUT2D eigenvalue weighted by Crippen LogP contribution is 2.34. The summed E-state index contributed by atoms with van der Waals surface area (Å²) in [5, 5.41) is 6.55. The third kappa shape index (κ3) is 4.67. The molecule has 186 valence electrons. The molecular formula is C25H24Cl2N6O2S. The van der Waals surface area contributed by atoms with E-state index in [0.717, 1.165) is 47.2 Å². The summed E-state index contributed by atoms with van der Waals surface area (Å²) in [5.74, 6) is 0.339. The Bertz CT molecular complexity index is 1490. The lowest BCUT2D eigenvalue weighted by Gasteiger charge is -2.34. The normalized spacial score (nSPS) is 14.3. The zero-order chi connectivity index (χ0) is 25.4. The molecule has 0 unspecified atom stereocenters. The molecule has 1 fully saturated rings. The quantitative estimate of drug-likeness (QED) is 0.373. The minimum atomic E-state index is -0.425. The predicted octanol–water partition coefficient (Wildman–Crippen LogP) is 4.85. The Hall–Kier alpha value is -3.11. The van der Waals surface area contributed by atoms with Crippen LogP contribution in [0.1, 0.15) is 4.88 Å². The Morgan fingerprint density at radius 1 is 1.17 bits per heavy atom. The van der Waals surface area contributed by atoms with E-state index < -0.39 is 5.56 Å². The van der Waals surface area contributed by atoms with Gasteiger partial charge in [-0.15, -0.1) is 16.1 Å². The number of rotatable bonds is 6. The first kappa shape index (κ1) is 24.6. The molecule has 1 aliphatic rings.